The number of piperidine rings is 1. The van der Waals surface area contributed by atoms with Gasteiger partial charge in [-0.1, -0.05) is 25.7 Å². The van der Waals surface area contributed by atoms with E-state index in [9.17, 15) is 14.4 Å². The predicted octanol–water partition coefficient (Wildman–Crippen LogP) is 1.71. The molecule has 9 nitrogen and oxygen atoms in total. The third-order valence-corrected chi connectivity index (χ3v) is 7.13. The quantitative estimate of drug-likeness (QED) is 0.355. The Bertz CT molecular complexity index is 1020. The second kappa shape index (κ2) is 9.37. The van der Waals surface area contributed by atoms with Gasteiger partial charge >= 0.3 is 5.69 Å². The van der Waals surface area contributed by atoms with Gasteiger partial charge in [-0.15, -0.1) is 0 Å². The average Bonchev–Trinajstić information content (AvgIpc) is 2.96. The Hall–Kier alpha value is -2.43. The van der Waals surface area contributed by atoms with E-state index in [1.54, 1.807) is 25.2 Å². The predicted molar refractivity (Wildman–Crippen MR) is 119 cm³/mol. The Kier molecular flexibility index (Phi) is 7.02. The molecule has 170 valence electrons. The van der Waals surface area contributed by atoms with Gasteiger partial charge in [0.1, 0.15) is 30.6 Å². The summed E-state index contributed by atoms with van der Waals surface area (Å²) in [4.78, 5) is 39.8. The molecule has 1 unspecified atom stereocenters. The molecule has 0 spiro atoms. The van der Waals surface area contributed by atoms with E-state index < -0.39 is 20.0 Å². The number of ether oxygens (including phenoxy) is 2. The summed E-state index contributed by atoms with van der Waals surface area (Å²) in [5, 5.41) is 9.06. The smallest absolute Gasteiger partial charge is 0.329 e. The van der Waals surface area contributed by atoms with Crippen molar-refractivity contribution in [3.63, 3.8) is 0 Å². The van der Waals surface area contributed by atoms with Gasteiger partial charge in [-0.2, -0.15) is 0 Å². The van der Waals surface area contributed by atoms with Crippen molar-refractivity contribution in [2.45, 2.75) is 44.6 Å². The van der Waals surface area contributed by atoms with E-state index in [0.29, 0.717) is 23.4 Å². The van der Waals surface area contributed by atoms with Crippen molar-refractivity contribution < 1.29 is 24.2 Å². The number of carbonyl (C=O) groups excluding carboxylic acids is 2. The van der Waals surface area contributed by atoms with E-state index in [-0.39, 0.29) is 44.4 Å². The number of imidazole rings is 1. The maximum Gasteiger partial charge on any atom is 0.329 e. The van der Waals surface area contributed by atoms with E-state index in [1.165, 1.54) is 9.13 Å². The summed E-state index contributed by atoms with van der Waals surface area (Å²) in [6.07, 6.45) is 0.418. The SMILES string of the molecule is Cn1c(=O)n(C2CCC(=O)N(COCC[Si](C)(C)C)C2=O)c2cccc(OCCO)c21. The van der Waals surface area contributed by atoms with Gasteiger partial charge in [-0.3, -0.25) is 23.6 Å². The van der Waals surface area contributed by atoms with Gasteiger partial charge in [0.15, 0.2) is 0 Å². The first-order valence-corrected chi connectivity index (χ1v) is 14.2. The van der Waals surface area contributed by atoms with Gasteiger partial charge in [-0.05, 0) is 24.6 Å². The molecule has 31 heavy (non-hydrogen) atoms. The second-order valence-corrected chi connectivity index (χ2v) is 14.6. The number of fused-ring (bicyclic) bond motifs is 1. The molecule has 1 atom stereocenters. The number of likely N-dealkylation sites (tertiary alicyclic amines) is 1. The van der Waals surface area contributed by atoms with Gasteiger partial charge in [-0.25, -0.2) is 4.79 Å². The van der Waals surface area contributed by atoms with Crippen molar-refractivity contribution >= 4 is 30.9 Å². The van der Waals surface area contributed by atoms with Gasteiger partial charge in [0, 0.05) is 28.1 Å². The normalized spacial score (nSPS) is 17.6. The van der Waals surface area contributed by atoms with Crippen LogP contribution < -0.4 is 10.4 Å². The Morgan fingerprint density at radius 3 is 2.58 bits per heavy atom. The van der Waals surface area contributed by atoms with Crippen molar-refractivity contribution in [1.29, 1.82) is 0 Å². The molecule has 0 radical (unpaired) electrons. The largest absolute Gasteiger partial charge is 0.489 e. The van der Waals surface area contributed by atoms with Gasteiger partial charge in [0.05, 0.1) is 12.1 Å². The van der Waals surface area contributed by atoms with Gasteiger partial charge < -0.3 is 14.6 Å². The zero-order valence-electron chi connectivity index (χ0n) is 18.6. The van der Waals surface area contributed by atoms with Crippen LogP contribution in [0.4, 0.5) is 0 Å². The number of aliphatic hydroxyl groups excluding tert-OH is 1. The Morgan fingerprint density at radius 1 is 1.16 bits per heavy atom. The van der Waals surface area contributed by atoms with Crippen molar-refractivity contribution in [3.8, 4) is 5.75 Å². The number of para-hydroxylation sites is 1. The summed E-state index contributed by atoms with van der Waals surface area (Å²) in [5.41, 5.74) is 0.737. The molecule has 1 aliphatic rings. The molecule has 2 aromatic rings. The standard InChI is InChI=1S/C21H31N3O6Si/c1-22-19-15(6-5-7-17(19)30-11-10-25)24(21(22)28)16-8-9-18(26)23(20(16)27)14-29-12-13-31(2,3)4/h5-7,16,25H,8-14H2,1-4H3. The van der Waals surface area contributed by atoms with Crippen LogP contribution >= 0.6 is 0 Å². The number of aliphatic hydroxyl groups is 1. The maximum absolute atomic E-state index is 13.2. The third-order valence-electron chi connectivity index (χ3n) is 5.43. The van der Waals surface area contributed by atoms with E-state index in [0.717, 1.165) is 10.9 Å². The minimum absolute atomic E-state index is 0.0942. The van der Waals surface area contributed by atoms with E-state index in [2.05, 4.69) is 19.6 Å². The second-order valence-electron chi connectivity index (χ2n) is 8.97. The lowest BCUT2D eigenvalue weighted by atomic mass is 10.0. The Morgan fingerprint density at radius 2 is 1.90 bits per heavy atom. The van der Waals surface area contributed by atoms with E-state index >= 15 is 0 Å². The van der Waals surface area contributed by atoms with Crippen LogP contribution in [0, 0.1) is 0 Å². The van der Waals surface area contributed by atoms with Gasteiger partial charge in [0.2, 0.25) is 5.91 Å². The minimum Gasteiger partial charge on any atom is -0.489 e. The first-order valence-electron chi connectivity index (χ1n) is 10.5. The molecule has 1 aromatic heterocycles. The number of amides is 2. The Balaban J connectivity index is 1.88. The zero-order chi connectivity index (χ0) is 22.8. The average molecular weight is 450 g/mol. The zero-order valence-corrected chi connectivity index (χ0v) is 19.6. The van der Waals surface area contributed by atoms with Crippen molar-refractivity contribution in [2.75, 3.05) is 26.6 Å². The number of nitrogens with zero attached hydrogens (tertiary/aromatic N) is 3. The molecule has 1 saturated heterocycles. The highest BCUT2D eigenvalue weighted by atomic mass is 28.3. The Labute approximate surface area is 182 Å². The summed E-state index contributed by atoms with van der Waals surface area (Å²) in [5.74, 6) is -0.259. The number of carbonyl (C=O) groups is 2. The lowest BCUT2D eigenvalue weighted by Crippen LogP contribution is -2.48. The molecule has 1 fully saturated rings. The van der Waals surface area contributed by atoms with Crippen molar-refractivity contribution in [1.82, 2.24) is 14.0 Å². The topological polar surface area (TPSA) is 103 Å². The summed E-state index contributed by atoms with van der Waals surface area (Å²) in [6.45, 7) is 7.04. The fraction of sp³-hybridized carbons (Fsp3) is 0.571. The van der Waals surface area contributed by atoms with Gasteiger partial charge in [0.25, 0.3) is 5.91 Å². The monoisotopic (exact) mass is 449 g/mol. The molecule has 1 aliphatic heterocycles. The maximum atomic E-state index is 13.2. The number of imide groups is 1. The molecule has 3 rings (SSSR count). The van der Waals surface area contributed by atoms with Crippen LogP contribution in [-0.2, 0) is 21.4 Å². The summed E-state index contributed by atoms with van der Waals surface area (Å²) in [7, 11) is 0.330. The minimum atomic E-state index is -1.28. The molecule has 2 heterocycles. The van der Waals surface area contributed by atoms with Crippen LogP contribution in [0.2, 0.25) is 25.7 Å². The van der Waals surface area contributed by atoms with Crippen LogP contribution in [0.3, 0.4) is 0 Å². The lowest BCUT2D eigenvalue weighted by Gasteiger charge is -2.31. The van der Waals surface area contributed by atoms with E-state index in [1.807, 2.05) is 0 Å². The number of aromatic nitrogens is 2. The van der Waals surface area contributed by atoms with Crippen LogP contribution in [-0.4, -0.2) is 65.6 Å². The highest BCUT2D eigenvalue weighted by molar-refractivity contribution is 6.76. The molecule has 1 N–H and O–H groups in total. The third kappa shape index (κ3) is 4.91. The summed E-state index contributed by atoms with van der Waals surface area (Å²) < 4.78 is 14.1. The van der Waals surface area contributed by atoms with Crippen LogP contribution in [0.15, 0.2) is 23.0 Å². The number of hydrogen-bond donors (Lipinski definition) is 1. The van der Waals surface area contributed by atoms with E-state index in [4.69, 9.17) is 14.6 Å². The molecule has 1 aromatic carbocycles. The fourth-order valence-electron chi connectivity index (χ4n) is 3.71. The number of aryl methyl sites for hydroxylation is 1. The molecule has 0 bridgehead atoms. The van der Waals surface area contributed by atoms with Crippen molar-refractivity contribution in [3.05, 3.63) is 28.7 Å². The number of benzene rings is 1. The number of hydrogen-bond acceptors (Lipinski definition) is 6. The van der Waals surface area contributed by atoms with Crippen molar-refractivity contribution in [2.24, 2.45) is 7.05 Å². The van der Waals surface area contributed by atoms with Crippen LogP contribution in [0.1, 0.15) is 18.9 Å². The van der Waals surface area contributed by atoms with Crippen LogP contribution in [0.25, 0.3) is 11.0 Å². The molecule has 0 saturated carbocycles. The lowest BCUT2D eigenvalue weighted by molar-refractivity contribution is -0.157. The highest BCUT2D eigenvalue weighted by Gasteiger charge is 2.37. The summed E-state index contributed by atoms with van der Waals surface area (Å²) in [6, 6.07) is 5.35. The first-order chi connectivity index (χ1) is 14.7. The highest BCUT2D eigenvalue weighted by Crippen LogP contribution is 2.30. The summed E-state index contributed by atoms with van der Waals surface area (Å²) >= 11 is 0. The molecule has 10 heteroatoms. The van der Waals surface area contributed by atoms with Crippen LogP contribution in [0.5, 0.6) is 5.75 Å². The molecule has 0 aliphatic carbocycles. The number of rotatable bonds is 9. The fourth-order valence-corrected chi connectivity index (χ4v) is 4.46. The molecule has 2 amide bonds. The molecular formula is C21H31N3O6Si. The first kappa shape index (κ1) is 23.2. The molecular weight excluding hydrogens is 418 g/mol.